The molecule has 1 saturated carbocycles. The third kappa shape index (κ3) is 5.47. The van der Waals surface area contributed by atoms with Crippen molar-refractivity contribution in [3.05, 3.63) is 53.9 Å². The minimum Gasteiger partial charge on any atom is -0.490 e. The molecule has 2 aromatic rings. The van der Waals surface area contributed by atoms with Crippen LogP contribution in [0.2, 0.25) is 0 Å². The molecule has 0 saturated heterocycles. The van der Waals surface area contributed by atoms with Gasteiger partial charge in [0.1, 0.15) is 6.61 Å². The van der Waals surface area contributed by atoms with Crippen molar-refractivity contribution in [1.29, 1.82) is 0 Å². The van der Waals surface area contributed by atoms with Gasteiger partial charge in [0.05, 0.1) is 18.6 Å². The summed E-state index contributed by atoms with van der Waals surface area (Å²) in [6.07, 6.45) is 6.54. The van der Waals surface area contributed by atoms with E-state index in [0.717, 1.165) is 18.4 Å². The van der Waals surface area contributed by atoms with Gasteiger partial charge in [-0.15, -0.1) is 0 Å². The first-order valence-electron chi connectivity index (χ1n) is 9.84. The molecule has 29 heavy (non-hydrogen) atoms. The summed E-state index contributed by atoms with van der Waals surface area (Å²) >= 11 is 0. The molecule has 0 bridgehead atoms. The molecular formula is C22H26N2O5. The minimum atomic E-state index is -0.902. The highest BCUT2D eigenvalue weighted by Gasteiger charge is 2.37. The highest BCUT2D eigenvalue weighted by atomic mass is 16.5. The van der Waals surface area contributed by atoms with Crippen LogP contribution in [-0.2, 0) is 11.4 Å². The molecular weight excluding hydrogens is 372 g/mol. The zero-order valence-corrected chi connectivity index (χ0v) is 16.5. The largest absolute Gasteiger partial charge is 0.490 e. The van der Waals surface area contributed by atoms with Crippen LogP contribution in [0.25, 0.3) is 0 Å². The van der Waals surface area contributed by atoms with Crippen LogP contribution in [0, 0.1) is 0 Å². The lowest BCUT2D eigenvalue weighted by molar-refractivity contribution is -0.138. The molecule has 2 N–H and O–H groups in total. The number of carboxylic acid groups (broad SMARTS) is 1. The number of aliphatic carboxylic acids is 1. The summed E-state index contributed by atoms with van der Waals surface area (Å²) in [4.78, 5) is 28.1. The molecule has 0 atom stereocenters. The van der Waals surface area contributed by atoms with Crippen LogP contribution in [0.1, 0.15) is 54.9 Å². The summed E-state index contributed by atoms with van der Waals surface area (Å²) in [5.41, 5.74) is 0.664. The maximum atomic E-state index is 12.8. The number of nitrogens with one attached hydrogen (secondary N) is 1. The van der Waals surface area contributed by atoms with E-state index in [0.29, 0.717) is 43.1 Å². The molecule has 7 nitrogen and oxygen atoms in total. The Hall–Kier alpha value is -3.09. The summed E-state index contributed by atoms with van der Waals surface area (Å²) in [6.45, 7) is 2.62. The van der Waals surface area contributed by atoms with Gasteiger partial charge >= 0.3 is 5.97 Å². The zero-order valence-electron chi connectivity index (χ0n) is 16.5. The second-order valence-electron chi connectivity index (χ2n) is 7.26. The number of nitrogens with zero attached hydrogens (tertiary/aromatic N) is 1. The molecule has 1 aromatic carbocycles. The van der Waals surface area contributed by atoms with Crippen LogP contribution in [0.3, 0.4) is 0 Å². The molecule has 1 aromatic heterocycles. The second kappa shape index (κ2) is 9.41. The lowest BCUT2D eigenvalue weighted by atomic mass is 9.92. The molecule has 0 aliphatic heterocycles. The first-order valence-corrected chi connectivity index (χ1v) is 9.84. The van der Waals surface area contributed by atoms with Crippen molar-refractivity contribution in [2.75, 3.05) is 6.61 Å². The van der Waals surface area contributed by atoms with Crippen LogP contribution < -0.4 is 14.8 Å². The van der Waals surface area contributed by atoms with E-state index in [1.54, 1.807) is 30.6 Å². The van der Waals surface area contributed by atoms with E-state index in [1.807, 2.05) is 19.1 Å². The van der Waals surface area contributed by atoms with Gasteiger partial charge in [0.15, 0.2) is 11.5 Å². The van der Waals surface area contributed by atoms with Crippen molar-refractivity contribution in [1.82, 2.24) is 10.3 Å². The molecule has 1 amide bonds. The van der Waals surface area contributed by atoms with Crippen molar-refractivity contribution in [3.63, 3.8) is 0 Å². The molecule has 1 aliphatic rings. The van der Waals surface area contributed by atoms with Gasteiger partial charge in [0.2, 0.25) is 0 Å². The second-order valence-corrected chi connectivity index (χ2v) is 7.26. The fraction of sp³-hybridized carbons (Fsp3) is 0.409. The van der Waals surface area contributed by atoms with Crippen molar-refractivity contribution >= 4 is 11.9 Å². The highest BCUT2D eigenvalue weighted by molar-refractivity contribution is 5.95. The maximum Gasteiger partial charge on any atom is 0.305 e. The molecule has 1 heterocycles. The van der Waals surface area contributed by atoms with E-state index >= 15 is 0 Å². The summed E-state index contributed by atoms with van der Waals surface area (Å²) < 4.78 is 11.5. The number of aromatic nitrogens is 1. The van der Waals surface area contributed by atoms with Crippen LogP contribution in [0.15, 0.2) is 42.7 Å². The molecule has 0 radical (unpaired) electrons. The van der Waals surface area contributed by atoms with E-state index in [9.17, 15) is 14.7 Å². The molecule has 1 fully saturated rings. The smallest absolute Gasteiger partial charge is 0.305 e. The Morgan fingerprint density at radius 2 is 1.97 bits per heavy atom. The summed E-state index contributed by atoms with van der Waals surface area (Å²) in [7, 11) is 0. The third-order valence-corrected chi connectivity index (χ3v) is 5.05. The first-order chi connectivity index (χ1) is 14.0. The van der Waals surface area contributed by atoms with Gasteiger partial charge in [-0.25, -0.2) is 0 Å². The number of carbonyl (C=O) groups is 2. The Morgan fingerprint density at radius 1 is 1.17 bits per heavy atom. The normalized spacial score (nSPS) is 14.9. The van der Waals surface area contributed by atoms with Crippen molar-refractivity contribution < 1.29 is 24.2 Å². The van der Waals surface area contributed by atoms with E-state index < -0.39 is 11.5 Å². The summed E-state index contributed by atoms with van der Waals surface area (Å²) in [5.74, 6) is -0.189. The Kier molecular flexibility index (Phi) is 6.69. The molecule has 7 heteroatoms. The molecule has 3 rings (SSSR count). The van der Waals surface area contributed by atoms with Gasteiger partial charge in [-0.3, -0.25) is 14.6 Å². The predicted molar refractivity (Wildman–Crippen MR) is 107 cm³/mol. The van der Waals surface area contributed by atoms with E-state index in [-0.39, 0.29) is 12.3 Å². The van der Waals surface area contributed by atoms with E-state index in [4.69, 9.17) is 9.47 Å². The Balaban J connectivity index is 1.74. The summed E-state index contributed by atoms with van der Waals surface area (Å²) in [5, 5.41) is 12.2. The monoisotopic (exact) mass is 398 g/mol. The Bertz CT molecular complexity index is 848. The minimum absolute atomic E-state index is 0.0661. The van der Waals surface area contributed by atoms with Crippen LogP contribution in [0.4, 0.5) is 0 Å². The standard InChI is InChI=1S/C22H26N2O5/c1-2-28-19-12-17(7-8-18(19)29-15-16-6-5-11-23-14-16)21(27)24-22(13-20(25)26)9-3-4-10-22/h5-8,11-12,14H,2-4,9-10,13,15H2,1H3,(H,24,27)(H,25,26). The Labute approximate surface area is 170 Å². The van der Waals surface area contributed by atoms with Gasteiger partial charge in [-0.2, -0.15) is 0 Å². The maximum absolute atomic E-state index is 12.8. The number of amides is 1. The fourth-order valence-corrected chi connectivity index (χ4v) is 3.68. The predicted octanol–water partition coefficient (Wildman–Crippen LogP) is 3.58. The van der Waals surface area contributed by atoms with Gasteiger partial charge in [0, 0.05) is 23.5 Å². The first kappa shape index (κ1) is 20.6. The van der Waals surface area contributed by atoms with Crippen molar-refractivity contribution in [3.8, 4) is 11.5 Å². The number of benzene rings is 1. The lowest BCUT2D eigenvalue weighted by Crippen LogP contribution is -2.47. The Morgan fingerprint density at radius 3 is 2.62 bits per heavy atom. The van der Waals surface area contributed by atoms with Crippen molar-refractivity contribution in [2.45, 2.75) is 51.2 Å². The average Bonchev–Trinajstić information content (AvgIpc) is 3.15. The quantitative estimate of drug-likeness (QED) is 0.670. The third-order valence-electron chi connectivity index (χ3n) is 5.05. The number of hydrogen-bond acceptors (Lipinski definition) is 5. The fourth-order valence-electron chi connectivity index (χ4n) is 3.68. The zero-order chi connectivity index (χ0) is 20.7. The van der Waals surface area contributed by atoms with Gasteiger partial charge < -0.3 is 19.9 Å². The molecule has 1 aliphatic carbocycles. The topological polar surface area (TPSA) is 97.8 Å². The van der Waals surface area contributed by atoms with Crippen molar-refractivity contribution in [2.24, 2.45) is 0 Å². The lowest BCUT2D eigenvalue weighted by Gasteiger charge is -2.28. The number of carbonyl (C=O) groups excluding carboxylic acids is 1. The molecule has 0 spiro atoms. The molecule has 154 valence electrons. The summed E-state index contributed by atoms with van der Waals surface area (Å²) in [6, 6.07) is 8.76. The average molecular weight is 398 g/mol. The highest BCUT2D eigenvalue weighted by Crippen LogP contribution is 2.34. The van der Waals surface area contributed by atoms with Gasteiger partial charge in [-0.1, -0.05) is 18.9 Å². The van der Waals surface area contributed by atoms with E-state index in [2.05, 4.69) is 10.3 Å². The van der Waals surface area contributed by atoms with Crippen LogP contribution in [-0.4, -0.2) is 34.1 Å². The number of hydrogen-bond donors (Lipinski definition) is 2. The number of rotatable bonds is 9. The molecule has 0 unspecified atom stereocenters. The number of pyridine rings is 1. The number of carboxylic acids is 1. The SMILES string of the molecule is CCOc1cc(C(=O)NC2(CC(=O)O)CCCC2)ccc1OCc1cccnc1. The van der Waals surface area contributed by atoms with Gasteiger partial charge in [-0.05, 0) is 44.0 Å². The number of ether oxygens (including phenoxy) is 2. The van der Waals surface area contributed by atoms with Crippen LogP contribution >= 0.6 is 0 Å². The van der Waals surface area contributed by atoms with Gasteiger partial charge in [0.25, 0.3) is 5.91 Å². The van der Waals surface area contributed by atoms with Crippen LogP contribution in [0.5, 0.6) is 11.5 Å². The van der Waals surface area contributed by atoms with E-state index in [1.165, 1.54) is 0 Å².